The molecule has 1 N–H and O–H groups in total. The molecular formula is C32H23N3OP+. The van der Waals surface area contributed by atoms with E-state index in [1.54, 1.807) is 0 Å². The van der Waals surface area contributed by atoms with Crippen molar-refractivity contribution >= 4 is 51.0 Å². The highest BCUT2D eigenvalue weighted by molar-refractivity contribution is 7.91. The van der Waals surface area contributed by atoms with Crippen LogP contribution in [0.25, 0.3) is 38.8 Å². The number of benzene rings is 4. The average molecular weight is 497 g/mol. The van der Waals surface area contributed by atoms with Crippen LogP contribution < -0.4 is 15.9 Å². The predicted octanol–water partition coefficient (Wildman–Crippen LogP) is 5.90. The Bertz CT molecular complexity index is 1860. The van der Waals surface area contributed by atoms with Gasteiger partial charge in [0.05, 0.1) is 5.69 Å². The van der Waals surface area contributed by atoms with Crippen molar-refractivity contribution < 1.29 is 4.89 Å². The Morgan fingerprint density at radius 3 is 1.92 bits per heavy atom. The molecule has 37 heavy (non-hydrogen) atoms. The summed E-state index contributed by atoms with van der Waals surface area (Å²) >= 11 is 0. The van der Waals surface area contributed by atoms with Gasteiger partial charge in [-0.15, -0.1) is 0 Å². The Balaban J connectivity index is 1.50. The molecular weight excluding hydrogens is 473 g/mol. The zero-order valence-corrected chi connectivity index (χ0v) is 20.8. The fourth-order valence-electron chi connectivity index (χ4n) is 5.14. The first-order valence-electron chi connectivity index (χ1n) is 12.2. The molecule has 5 heteroatoms. The van der Waals surface area contributed by atoms with E-state index in [2.05, 4.69) is 24.3 Å². The van der Waals surface area contributed by atoms with Crippen LogP contribution in [0.15, 0.2) is 134 Å². The van der Waals surface area contributed by atoms with Crippen molar-refractivity contribution in [2.24, 2.45) is 0 Å². The molecule has 0 aliphatic carbocycles. The van der Waals surface area contributed by atoms with Gasteiger partial charge in [-0.3, -0.25) is 4.40 Å². The number of pyridine rings is 2. The molecule has 176 valence electrons. The van der Waals surface area contributed by atoms with Crippen LogP contribution in [0, 0.1) is 0 Å². The fraction of sp³-hybridized carbons (Fsp3) is 0. The summed E-state index contributed by atoms with van der Waals surface area (Å²) in [6, 6.07) is 42.5. The standard InChI is InChI=1S/C32H23N3OP/c36-37(24-13-3-1-4-14-24,25-15-5-2-6-16-25)26-17-11-12-23(22-26)30-27-18-7-8-19-28(27)31-32(34-30)35-21-10-9-20-29(35)33-31/h1-22,36H/q+1. The summed E-state index contributed by atoms with van der Waals surface area (Å²) < 4.78 is 2.03. The quantitative estimate of drug-likeness (QED) is 0.309. The molecule has 0 fully saturated rings. The van der Waals surface area contributed by atoms with Crippen molar-refractivity contribution in [3.63, 3.8) is 0 Å². The minimum atomic E-state index is -2.85. The van der Waals surface area contributed by atoms with Crippen LogP contribution in [0.5, 0.6) is 0 Å². The Morgan fingerprint density at radius 2 is 1.19 bits per heavy atom. The van der Waals surface area contributed by atoms with E-state index in [0.29, 0.717) is 0 Å². The number of fused-ring (bicyclic) bond motifs is 5. The van der Waals surface area contributed by atoms with E-state index in [-0.39, 0.29) is 0 Å². The van der Waals surface area contributed by atoms with Gasteiger partial charge in [-0.2, -0.15) is 0 Å². The number of hydrogen-bond acceptors (Lipinski definition) is 3. The number of hydrogen-bond donors (Lipinski definition) is 1. The third-order valence-electron chi connectivity index (χ3n) is 6.91. The monoisotopic (exact) mass is 496 g/mol. The Morgan fingerprint density at radius 1 is 0.568 bits per heavy atom. The summed E-state index contributed by atoms with van der Waals surface area (Å²) in [5.41, 5.74) is 4.43. The first-order chi connectivity index (χ1) is 18.2. The first kappa shape index (κ1) is 21.9. The van der Waals surface area contributed by atoms with Crippen LogP contribution in [0.4, 0.5) is 0 Å². The third-order valence-corrected chi connectivity index (χ3v) is 10.0. The Labute approximate surface area is 214 Å². The van der Waals surface area contributed by atoms with E-state index >= 15 is 0 Å². The van der Waals surface area contributed by atoms with Gasteiger partial charge in [0.1, 0.15) is 27.1 Å². The molecule has 0 amide bonds. The second-order valence-electron chi connectivity index (χ2n) is 9.08. The van der Waals surface area contributed by atoms with Gasteiger partial charge in [-0.05, 0) is 48.5 Å². The highest BCUT2D eigenvalue weighted by Crippen LogP contribution is 2.51. The highest BCUT2D eigenvalue weighted by Gasteiger charge is 2.44. The molecule has 3 heterocycles. The van der Waals surface area contributed by atoms with Crippen LogP contribution >= 0.6 is 7.49 Å². The lowest BCUT2D eigenvalue weighted by molar-refractivity contribution is 0.633. The average Bonchev–Trinajstić information content (AvgIpc) is 3.36. The van der Waals surface area contributed by atoms with E-state index < -0.39 is 7.49 Å². The molecule has 0 saturated carbocycles. The predicted molar refractivity (Wildman–Crippen MR) is 154 cm³/mol. The van der Waals surface area contributed by atoms with Crippen molar-refractivity contribution in [3.8, 4) is 11.3 Å². The summed E-state index contributed by atoms with van der Waals surface area (Å²) in [5.74, 6) is 0. The van der Waals surface area contributed by atoms with E-state index in [0.717, 1.165) is 54.8 Å². The zero-order chi connectivity index (χ0) is 24.8. The van der Waals surface area contributed by atoms with Crippen molar-refractivity contribution in [1.82, 2.24) is 14.4 Å². The van der Waals surface area contributed by atoms with E-state index in [1.165, 1.54) is 0 Å². The van der Waals surface area contributed by atoms with Crippen molar-refractivity contribution in [3.05, 3.63) is 134 Å². The molecule has 7 rings (SSSR count). The van der Waals surface area contributed by atoms with E-state index in [4.69, 9.17) is 9.97 Å². The van der Waals surface area contributed by atoms with Gasteiger partial charge in [0.25, 0.3) is 0 Å². The zero-order valence-electron chi connectivity index (χ0n) is 19.9. The summed E-state index contributed by atoms with van der Waals surface area (Å²) in [4.78, 5) is 22.5. The van der Waals surface area contributed by atoms with Gasteiger partial charge >= 0.3 is 0 Å². The molecule has 0 radical (unpaired) electrons. The number of nitrogens with zero attached hydrogens (tertiary/aromatic N) is 3. The van der Waals surface area contributed by atoms with Crippen molar-refractivity contribution in [1.29, 1.82) is 0 Å². The molecule has 0 aliphatic heterocycles. The lowest BCUT2D eigenvalue weighted by atomic mass is 10.0. The largest absolute Gasteiger partial charge is 0.284 e. The van der Waals surface area contributed by atoms with E-state index in [1.807, 2.05) is 114 Å². The topological polar surface area (TPSA) is 50.4 Å². The van der Waals surface area contributed by atoms with Crippen molar-refractivity contribution in [2.75, 3.05) is 0 Å². The molecule has 4 aromatic carbocycles. The lowest BCUT2D eigenvalue weighted by Crippen LogP contribution is -2.30. The maximum Gasteiger partial charge on any atom is 0.238 e. The molecule has 3 aromatic heterocycles. The van der Waals surface area contributed by atoms with Gasteiger partial charge < -0.3 is 0 Å². The SMILES string of the molecule is O[P+](c1ccccc1)(c1ccccc1)c1cccc(-c2nc3c(nc4ccccn43)c3ccccc23)c1. The minimum absolute atomic E-state index is 0.825. The summed E-state index contributed by atoms with van der Waals surface area (Å²) in [7, 11) is -2.85. The highest BCUT2D eigenvalue weighted by atomic mass is 31.2. The summed E-state index contributed by atoms with van der Waals surface area (Å²) in [6.07, 6.45) is 2.00. The second-order valence-corrected chi connectivity index (χ2v) is 11.9. The van der Waals surface area contributed by atoms with Gasteiger partial charge in [-0.1, -0.05) is 78.9 Å². The normalized spacial score (nSPS) is 11.9. The molecule has 0 aliphatic rings. The van der Waals surface area contributed by atoms with Crippen LogP contribution in [0.3, 0.4) is 0 Å². The maximum atomic E-state index is 12.5. The third kappa shape index (κ3) is 3.46. The molecule has 7 aromatic rings. The summed E-state index contributed by atoms with van der Waals surface area (Å²) in [6.45, 7) is 0. The van der Waals surface area contributed by atoms with Gasteiger partial charge in [0.15, 0.2) is 5.65 Å². The van der Waals surface area contributed by atoms with E-state index in [9.17, 15) is 4.89 Å². The Hall–Kier alpha value is -4.37. The molecule has 0 atom stereocenters. The first-order valence-corrected chi connectivity index (χ1v) is 14.0. The lowest BCUT2D eigenvalue weighted by Gasteiger charge is -2.20. The summed E-state index contributed by atoms with van der Waals surface area (Å²) in [5, 5.41) is 4.85. The van der Waals surface area contributed by atoms with Gasteiger partial charge in [0, 0.05) is 22.5 Å². The van der Waals surface area contributed by atoms with Crippen LogP contribution in [-0.2, 0) is 0 Å². The van der Waals surface area contributed by atoms with Crippen molar-refractivity contribution in [2.45, 2.75) is 0 Å². The fourth-order valence-corrected chi connectivity index (χ4v) is 7.87. The van der Waals surface area contributed by atoms with Gasteiger partial charge in [0.2, 0.25) is 7.49 Å². The smallest absolute Gasteiger partial charge is 0.238 e. The number of rotatable bonds is 4. The minimum Gasteiger partial charge on any atom is -0.284 e. The molecule has 0 spiro atoms. The maximum absolute atomic E-state index is 12.5. The van der Waals surface area contributed by atoms with Gasteiger partial charge in [-0.25, -0.2) is 14.9 Å². The number of aromatic nitrogens is 3. The molecule has 0 saturated heterocycles. The second kappa shape index (κ2) is 8.63. The molecule has 4 nitrogen and oxygen atoms in total. The molecule has 0 unspecified atom stereocenters. The number of imidazole rings is 1. The van der Waals surface area contributed by atoms with Crippen LogP contribution in [0.1, 0.15) is 0 Å². The van der Waals surface area contributed by atoms with Crippen LogP contribution in [-0.4, -0.2) is 19.3 Å². The van der Waals surface area contributed by atoms with Crippen LogP contribution in [0.2, 0.25) is 0 Å². The Kier molecular flexibility index (Phi) is 5.10. The molecule has 0 bridgehead atoms.